The lowest BCUT2D eigenvalue weighted by molar-refractivity contribution is 0.423. The molecule has 2 aromatic rings. The predicted octanol–water partition coefficient (Wildman–Crippen LogP) is 2.92. The van der Waals surface area contributed by atoms with Gasteiger partial charge in [0.2, 0.25) is 0 Å². The van der Waals surface area contributed by atoms with Crippen LogP contribution in [0, 0.1) is 0 Å². The molecule has 0 amide bonds. The van der Waals surface area contributed by atoms with E-state index in [4.69, 9.17) is 0 Å². The van der Waals surface area contributed by atoms with Crippen molar-refractivity contribution in [2.75, 3.05) is 0 Å². The van der Waals surface area contributed by atoms with Gasteiger partial charge in [-0.15, -0.1) is 0 Å². The van der Waals surface area contributed by atoms with Gasteiger partial charge in [0.25, 0.3) is 0 Å². The highest BCUT2D eigenvalue weighted by molar-refractivity contribution is 9.10. The topological polar surface area (TPSA) is 42.7 Å². The lowest BCUT2D eigenvalue weighted by Gasteiger charge is -2.21. The van der Waals surface area contributed by atoms with Crippen molar-refractivity contribution in [3.05, 3.63) is 40.8 Å². The third kappa shape index (κ3) is 3.40. The average molecular weight is 309 g/mol. The normalized spacial score (nSPS) is 11.8. The van der Waals surface area contributed by atoms with Crippen molar-refractivity contribution < 1.29 is 0 Å². The minimum atomic E-state index is 0.0812. The van der Waals surface area contributed by atoms with E-state index in [-0.39, 0.29) is 5.54 Å². The highest BCUT2D eigenvalue weighted by Gasteiger charge is 2.12. The van der Waals surface area contributed by atoms with E-state index in [0.29, 0.717) is 0 Å². The minimum Gasteiger partial charge on any atom is -0.308 e. The summed E-state index contributed by atoms with van der Waals surface area (Å²) >= 11 is 3.40. The Balaban J connectivity index is 2.26. The molecule has 0 saturated carbocycles. The Kier molecular flexibility index (Phi) is 3.82. The summed E-state index contributed by atoms with van der Waals surface area (Å²) in [7, 11) is 0. The van der Waals surface area contributed by atoms with Gasteiger partial charge in [-0.2, -0.15) is 5.10 Å². The van der Waals surface area contributed by atoms with E-state index in [1.165, 1.54) is 0 Å². The number of hydrogen-bond acceptors (Lipinski definition) is 3. The van der Waals surface area contributed by atoms with Crippen LogP contribution in [0.5, 0.6) is 0 Å². The Morgan fingerprint density at radius 2 is 2.17 bits per heavy atom. The van der Waals surface area contributed by atoms with Crippen LogP contribution in [0.4, 0.5) is 0 Å². The molecule has 0 aliphatic heterocycles. The van der Waals surface area contributed by atoms with Crippen LogP contribution >= 0.6 is 15.9 Å². The van der Waals surface area contributed by atoms with E-state index in [9.17, 15) is 0 Å². The van der Waals surface area contributed by atoms with Gasteiger partial charge in [0.05, 0.1) is 10.7 Å². The van der Waals surface area contributed by atoms with Crippen LogP contribution in [0.1, 0.15) is 26.3 Å². The summed E-state index contributed by atoms with van der Waals surface area (Å²) in [5.41, 5.74) is 1.21. The molecule has 2 heterocycles. The molecule has 0 atom stereocenters. The standard InChI is InChI=1S/C13H17BrN4/c1-13(2,3)16-7-10-5-4-6-15-12(10)18-9-11(14)8-17-18/h4-6,8-9,16H,7H2,1-3H3. The lowest BCUT2D eigenvalue weighted by Crippen LogP contribution is -2.35. The molecule has 1 N–H and O–H groups in total. The second kappa shape index (κ2) is 5.20. The zero-order valence-electron chi connectivity index (χ0n) is 10.8. The average Bonchev–Trinajstić information content (AvgIpc) is 2.72. The van der Waals surface area contributed by atoms with Crippen molar-refractivity contribution in [2.24, 2.45) is 0 Å². The molecule has 0 spiro atoms. The molecule has 2 rings (SSSR count). The first-order valence-corrected chi connectivity index (χ1v) is 6.64. The van der Waals surface area contributed by atoms with E-state index in [2.05, 4.69) is 58.2 Å². The van der Waals surface area contributed by atoms with E-state index in [1.807, 2.05) is 12.3 Å². The molecule has 0 aromatic carbocycles. The van der Waals surface area contributed by atoms with Crippen LogP contribution in [0.15, 0.2) is 35.2 Å². The zero-order valence-corrected chi connectivity index (χ0v) is 12.4. The molecule has 0 aliphatic rings. The molecule has 0 bridgehead atoms. The number of nitrogens with zero attached hydrogens (tertiary/aromatic N) is 3. The minimum absolute atomic E-state index is 0.0812. The van der Waals surface area contributed by atoms with Crippen LogP contribution in [0.25, 0.3) is 5.82 Å². The van der Waals surface area contributed by atoms with Gasteiger partial charge in [0.15, 0.2) is 5.82 Å². The molecule has 0 unspecified atom stereocenters. The first kappa shape index (κ1) is 13.2. The van der Waals surface area contributed by atoms with E-state index >= 15 is 0 Å². The second-order valence-electron chi connectivity index (χ2n) is 5.19. The number of halogens is 1. The molecule has 0 aliphatic carbocycles. The molecule has 18 heavy (non-hydrogen) atoms. The fourth-order valence-electron chi connectivity index (χ4n) is 1.55. The van der Waals surface area contributed by atoms with Gasteiger partial charge < -0.3 is 5.32 Å². The first-order valence-electron chi connectivity index (χ1n) is 5.85. The lowest BCUT2D eigenvalue weighted by atomic mass is 10.1. The summed E-state index contributed by atoms with van der Waals surface area (Å²) in [6, 6.07) is 4.01. The molecule has 96 valence electrons. The van der Waals surface area contributed by atoms with Crippen molar-refractivity contribution >= 4 is 15.9 Å². The maximum absolute atomic E-state index is 4.40. The maximum atomic E-state index is 4.40. The van der Waals surface area contributed by atoms with Crippen molar-refractivity contribution in [3.63, 3.8) is 0 Å². The predicted molar refractivity (Wildman–Crippen MR) is 75.7 cm³/mol. The van der Waals surface area contributed by atoms with Gasteiger partial charge >= 0.3 is 0 Å². The van der Waals surface area contributed by atoms with Crippen LogP contribution in [0.3, 0.4) is 0 Å². The summed E-state index contributed by atoms with van der Waals surface area (Å²) in [4.78, 5) is 4.40. The van der Waals surface area contributed by atoms with Crippen LogP contribution in [-0.2, 0) is 6.54 Å². The Morgan fingerprint density at radius 1 is 1.39 bits per heavy atom. The van der Waals surface area contributed by atoms with Crippen molar-refractivity contribution in [1.29, 1.82) is 0 Å². The molecule has 0 saturated heterocycles. The summed E-state index contributed by atoms with van der Waals surface area (Å²) in [6.07, 6.45) is 5.45. The molecule has 0 fully saturated rings. The summed E-state index contributed by atoms with van der Waals surface area (Å²) in [5, 5.41) is 7.73. The molecular formula is C13H17BrN4. The number of nitrogens with one attached hydrogen (secondary N) is 1. The van der Waals surface area contributed by atoms with Crippen LogP contribution in [0.2, 0.25) is 0 Å². The van der Waals surface area contributed by atoms with Gasteiger partial charge in [0, 0.05) is 30.0 Å². The highest BCUT2D eigenvalue weighted by Crippen LogP contribution is 2.15. The summed E-state index contributed by atoms with van der Waals surface area (Å²) < 4.78 is 2.73. The monoisotopic (exact) mass is 308 g/mol. The van der Waals surface area contributed by atoms with Crippen molar-refractivity contribution in [2.45, 2.75) is 32.9 Å². The van der Waals surface area contributed by atoms with Crippen molar-refractivity contribution in [1.82, 2.24) is 20.1 Å². The highest BCUT2D eigenvalue weighted by atomic mass is 79.9. The molecule has 4 nitrogen and oxygen atoms in total. The SMILES string of the molecule is CC(C)(C)NCc1cccnc1-n1cc(Br)cn1. The zero-order chi connectivity index (χ0) is 13.2. The number of hydrogen-bond donors (Lipinski definition) is 1. The Hall–Kier alpha value is -1.20. The van der Waals surface area contributed by atoms with Crippen LogP contribution in [-0.4, -0.2) is 20.3 Å². The number of pyridine rings is 1. The van der Waals surface area contributed by atoms with E-state index in [1.54, 1.807) is 17.1 Å². The summed E-state index contributed by atoms with van der Waals surface area (Å²) in [6.45, 7) is 7.21. The van der Waals surface area contributed by atoms with Gasteiger partial charge in [-0.05, 0) is 42.8 Å². The van der Waals surface area contributed by atoms with Crippen LogP contribution < -0.4 is 5.32 Å². The fraction of sp³-hybridized carbons (Fsp3) is 0.385. The quantitative estimate of drug-likeness (QED) is 0.948. The van der Waals surface area contributed by atoms with Gasteiger partial charge in [-0.3, -0.25) is 0 Å². The van der Waals surface area contributed by atoms with Gasteiger partial charge in [0.1, 0.15) is 0 Å². The molecule has 0 radical (unpaired) electrons. The third-order valence-corrected chi connectivity index (χ3v) is 2.85. The molecule has 5 heteroatoms. The maximum Gasteiger partial charge on any atom is 0.157 e. The number of aromatic nitrogens is 3. The van der Waals surface area contributed by atoms with E-state index < -0.39 is 0 Å². The third-order valence-electron chi connectivity index (χ3n) is 2.44. The number of rotatable bonds is 3. The summed E-state index contributed by atoms with van der Waals surface area (Å²) in [5.74, 6) is 0.861. The second-order valence-corrected chi connectivity index (χ2v) is 6.11. The largest absolute Gasteiger partial charge is 0.308 e. The first-order chi connectivity index (χ1) is 8.46. The van der Waals surface area contributed by atoms with Gasteiger partial charge in [-0.25, -0.2) is 9.67 Å². The molecular weight excluding hydrogens is 292 g/mol. The Bertz CT molecular complexity index is 528. The van der Waals surface area contributed by atoms with Gasteiger partial charge in [-0.1, -0.05) is 6.07 Å². The Morgan fingerprint density at radius 3 is 2.78 bits per heavy atom. The molecule has 2 aromatic heterocycles. The van der Waals surface area contributed by atoms with Crippen molar-refractivity contribution in [3.8, 4) is 5.82 Å². The Labute approximate surface area is 116 Å². The van der Waals surface area contributed by atoms with E-state index in [0.717, 1.165) is 22.4 Å². The fourth-order valence-corrected chi connectivity index (χ4v) is 1.84. The smallest absolute Gasteiger partial charge is 0.157 e.